The summed E-state index contributed by atoms with van der Waals surface area (Å²) in [6.45, 7) is 1.53. The molecule has 0 spiro atoms. The molecule has 1 atom stereocenters. The highest BCUT2D eigenvalue weighted by Crippen LogP contribution is 2.34. The molecule has 1 aromatic carbocycles. The zero-order chi connectivity index (χ0) is 17.5. The minimum absolute atomic E-state index is 0.0159. The quantitative estimate of drug-likeness (QED) is 0.874. The van der Waals surface area contributed by atoms with Gasteiger partial charge in [0, 0.05) is 17.1 Å². The fraction of sp³-hybridized carbons (Fsp3) is 0.214. The van der Waals surface area contributed by atoms with Crippen LogP contribution < -0.4 is 9.62 Å². The second-order valence-corrected chi connectivity index (χ2v) is 8.40. The number of halogens is 1. The summed E-state index contributed by atoms with van der Waals surface area (Å²) in [6, 6.07) is 4.13. The molecule has 126 valence electrons. The van der Waals surface area contributed by atoms with E-state index in [9.17, 15) is 18.0 Å². The van der Waals surface area contributed by atoms with Crippen molar-refractivity contribution >= 4 is 55.6 Å². The number of benzene rings is 1. The number of anilines is 2. The van der Waals surface area contributed by atoms with Gasteiger partial charge in [0.15, 0.2) is 5.13 Å². The number of amides is 2. The van der Waals surface area contributed by atoms with Crippen LogP contribution in [-0.4, -0.2) is 31.0 Å². The number of rotatable bonds is 3. The maximum Gasteiger partial charge on any atom is 0.257 e. The largest absolute Gasteiger partial charge is 0.298 e. The van der Waals surface area contributed by atoms with Gasteiger partial charge in [-0.2, -0.15) is 0 Å². The summed E-state index contributed by atoms with van der Waals surface area (Å²) in [5.41, 5.74) is 0.157. The summed E-state index contributed by atoms with van der Waals surface area (Å²) in [6.07, 6.45) is 1.55. The number of carbonyl (C=O) groups is 2. The van der Waals surface area contributed by atoms with Gasteiger partial charge in [0.2, 0.25) is 15.9 Å². The second-order valence-electron chi connectivity index (χ2n) is 5.24. The van der Waals surface area contributed by atoms with Gasteiger partial charge in [-0.1, -0.05) is 18.5 Å². The number of sulfonamides is 1. The molecule has 0 aliphatic carbocycles. The number of carbonyl (C=O) groups excluding carboxylic acids is 2. The van der Waals surface area contributed by atoms with Crippen LogP contribution in [0.4, 0.5) is 10.8 Å². The molecule has 2 amide bonds. The van der Waals surface area contributed by atoms with Gasteiger partial charge in [-0.15, -0.1) is 11.3 Å². The van der Waals surface area contributed by atoms with Crippen molar-refractivity contribution in [3.8, 4) is 0 Å². The molecule has 0 radical (unpaired) electrons. The molecular formula is C14H12ClN3O4S2. The highest BCUT2D eigenvalue weighted by Gasteiger charge is 2.43. The van der Waals surface area contributed by atoms with Crippen molar-refractivity contribution in [2.75, 3.05) is 15.4 Å². The molecule has 1 aromatic heterocycles. The van der Waals surface area contributed by atoms with Crippen molar-refractivity contribution in [1.82, 2.24) is 4.98 Å². The van der Waals surface area contributed by atoms with Gasteiger partial charge in [-0.3, -0.25) is 14.9 Å². The Hall–Kier alpha value is -1.97. The van der Waals surface area contributed by atoms with Crippen LogP contribution in [-0.2, 0) is 14.8 Å². The van der Waals surface area contributed by atoms with Crippen LogP contribution >= 0.6 is 22.9 Å². The van der Waals surface area contributed by atoms with E-state index in [1.54, 1.807) is 11.6 Å². The third-order valence-corrected chi connectivity index (χ3v) is 6.30. The van der Waals surface area contributed by atoms with Crippen LogP contribution in [0.15, 0.2) is 29.8 Å². The average Bonchev–Trinajstić information content (AvgIpc) is 3.07. The van der Waals surface area contributed by atoms with Gasteiger partial charge in [-0.05, 0) is 18.2 Å². The molecule has 0 bridgehead atoms. The SMILES string of the molecule is CC1CS(=O)(=O)N(c2cc(C(=O)Nc3nccs3)ccc2Cl)C1=O. The fourth-order valence-corrected chi connectivity index (χ4v) is 4.94. The Morgan fingerprint density at radius 1 is 1.46 bits per heavy atom. The Kier molecular flexibility index (Phi) is 4.33. The van der Waals surface area contributed by atoms with Crippen LogP contribution in [0.25, 0.3) is 0 Å². The number of nitrogens with zero attached hydrogens (tertiary/aromatic N) is 2. The van der Waals surface area contributed by atoms with Crippen LogP contribution in [0.2, 0.25) is 5.02 Å². The molecule has 1 unspecified atom stereocenters. The van der Waals surface area contributed by atoms with Gasteiger partial charge >= 0.3 is 0 Å². The first-order chi connectivity index (χ1) is 11.3. The van der Waals surface area contributed by atoms with Gasteiger partial charge in [0.05, 0.1) is 22.4 Å². The summed E-state index contributed by atoms with van der Waals surface area (Å²) in [5.74, 6) is -1.97. The van der Waals surface area contributed by atoms with E-state index in [-0.39, 0.29) is 22.0 Å². The Bertz CT molecular complexity index is 912. The predicted molar refractivity (Wildman–Crippen MR) is 92.0 cm³/mol. The van der Waals surface area contributed by atoms with E-state index in [0.29, 0.717) is 9.44 Å². The van der Waals surface area contributed by atoms with Gasteiger partial charge < -0.3 is 0 Å². The molecule has 24 heavy (non-hydrogen) atoms. The Morgan fingerprint density at radius 3 is 2.79 bits per heavy atom. The molecule has 10 heteroatoms. The lowest BCUT2D eigenvalue weighted by Gasteiger charge is -2.17. The average molecular weight is 386 g/mol. The first-order valence-corrected chi connectivity index (χ1v) is 9.73. The topological polar surface area (TPSA) is 96.4 Å². The second kappa shape index (κ2) is 6.15. The van der Waals surface area contributed by atoms with E-state index in [4.69, 9.17) is 11.6 Å². The zero-order valence-corrected chi connectivity index (χ0v) is 14.8. The van der Waals surface area contributed by atoms with Crippen molar-refractivity contribution in [2.45, 2.75) is 6.92 Å². The first kappa shape index (κ1) is 16.9. The molecule has 1 aliphatic rings. The first-order valence-electron chi connectivity index (χ1n) is 6.87. The number of aromatic nitrogens is 1. The summed E-state index contributed by atoms with van der Waals surface area (Å²) in [4.78, 5) is 28.4. The molecule has 1 N–H and O–H groups in total. The van der Waals surface area contributed by atoms with Gasteiger partial charge in [0.1, 0.15) is 0 Å². The number of hydrogen-bond acceptors (Lipinski definition) is 6. The normalized spacial score (nSPS) is 19.5. The summed E-state index contributed by atoms with van der Waals surface area (Å²) in [5, 5.41) is 4.78. The lowest BCUT2D eigenvalue weighted by Crippen LogP contribution is -2.30. The predicted octanol–water partition coefficient (Wildman–Crippen LogP) is 2.36. The van der Waals surface area contributed by atoms with Crippen LogP contribution in [0.1, 0.15) is 17.3 Å². The smallest absolute Gasteiger partial charge is 0.257 e. The lowest BCUT2D eigenvalue weighted by molar-refractivity contribution is -0.119. The summed E-state index contributed by atoms with van der Waals surface area (Å²) in [7, 11) is -3.80. The summed E-state index contributed by atoms with van der Waals surface area (Å²) < 4.78 is 25.1. The molecule has 3 rings (SSSR count). The van der Waals surface area contributed by atoms with E-state index < -0.39 is 27.8 Å². The highest BCUT2D eigenvalue weighted by atomic mass is 35.5. The monoisotopic (exact) mass is 385 g/mol. The van der Waals surface area contributed by atoms with Gasteiger partial charge in [-0.25, -0.2) is 17.7 Å². The highest BCUT2D eigenvalue weighted by molar-refractivity contribution is 7.94. The number of hydrogen-bond donors (Lipinski definition) is 1. The van der Waals surface area contributed by atoms with Crippen LogP contribution in [0.5, 0.6) is 0 Å². The molecule has 2 aromatic rings. The third-order valence-electron chi connectivity index (χ3n) is 3.44. The molecule has 2 heterocycles. The number of nitrogens with one attached hydrogen (secondary N) is 1. The summed E-state index contributed by atoms with van der Waals surface area (Å²) >= 11 is 7.31. The molecule has 0 saturated carbocycles. The van der Waals surface area contributed by atoms with Crippen molar-refractivity contribution in [1.29, 1.82) is 0 Å². The maximum atomic E-state index is 12.3. The third kappa shape index (κ3) is 3.02. The molecule has 7 nitrogen and oxygen atoms in total. The van der Waals surface area contributed by atoms with Gasteiger partial charge in [0.25, 0.3) is 5.91 Å². The van der Waals surface area contributed by atoms with Crippen molar-refractivity contribution in [3.63, 3.8) is 0 Å². The lowest BCUT2D eigenvalue weighted by atomic mass is 10.1. The fourth-order valence-electron chi connectivity index (χ4n) is 2.33. The molecular weight excluding hydrogens is 374 g/mol. The minimum atomic E-state index is -3.80. The van der Waals surface area contributed by atoms with Crippen molar-refractivity contribution in [2.24, 2.45) is 5.92 Å². The van der Waals surface area contributed by atoms with Crippen molar-refractivity contribution < 1.29 is 18.0 Å². The van der Waals surface area contributed by atoms with E-state index in [0.717, 1.165) is 0 Å². The standard InChI is InChI=1S/C14H12ClN3O4S2/c1-8-7-24(21,22)18(13(8)20)11-6-9(2-3-10(11)15)12(19)17-14-16-4-5-23-14/h2-6,8H,7H2,1H3,(H,16,17,19). The van der Waals surface area contributed by atoms with Crippen LogP contribution in [0.3, 0.4) is 0 Å². The van der Waals surface area contributed by atoms with Crippen LogP contribution in [0, 0.1) is 5.92 Å². The molecule has 1 fully saturated rings. The zero-order valence-electron chi connectivity index (χ0n) is 12.4. The Morgan fingerprint density at radius 2 is 2.21 bits per heavy atom. The Balaban J connectivity index is 1.98. The Labute approximate surface area is 147 Å². The maximum absolute atomic E-state index is 12.3. The van der Waals surface area contributed by atoms with E-state index >= 15 is 0 Å². The molecule has 1 aliphatic heterocycles. The minimum Gasteiger partial charge on any atom is -0.298 e. The van der Waals surface area contributed by atoms with E-state index in [2.05, 4.69) is 10.3 Å². The van der Waals surface area contributed by atoms with E-state index in [1.807, 2.05) is 0 Å². The number of thiazole rings is 1. The van der Waals surface area contributed by atoms with E-state index in [1.165, 1.54) is 36.5 Å². The molecule has 1 saturated heterocycles. The van der Waals surface area contributed by atoms with Crippen molar-refractivity contribution in [3.05, 3.63) is 40.4 Å².